The standard InChI is InChI=1S/C32H49N3O10/c1-19(7-10-26-20(2)15-25(22(4)43-26)35-28(37)12-9-21(3)42-23(5)36)8-11-27-30(45-31(39)34-14-13-33)32(18-41-32)17-24(44-27)16-29(38)40-6/h7-9,11-12,20-22,24-27,30H,10,13-18,33H2,1-6H3,(H,34,39)(H,35,37)/b11-8+,12-9-,19-7+/t20-,21-,22+,24+,25+,26-,27+,30+,32+/m0/s1. The number of alkyl carbamates (subject to hydrolysis) is 1. The molecule has 0 saturated carbocycles. The van der Waals surface area contributed by atoms with Crippen molar-refractivity contribution in [3.8, 4) is 0 Å². The summed E-state index contributed by atoms with van der Waals surface area (Å²) >= 11 is 0. The molecule has 3 saturated heterocycles. The van der Waals surface area contributed by atoms with Crippen molar-refractivity contribution in [2.75, 3.05) is 26.8 Å². The molecule has 3 aliphatic heterocycles. The molecule has 13 heteroatoms. The third kappa shape index (κ3) is 11.2. The minimum absolute atomic E-state index is 0.0446. The van der Waals surface area contributed by atoms with Crippen molar-refractivity contribution < 1.29 is 47.6 Å². The zero-order chi connectivity index (χ0) is 33.1. The van der Waals surface area contributed by atoms with Crippen molar-refractivity contribution in [1.82, 2.24) is 10.6 Å². The van der Waals surface area contributed by atoms with Gasteiger partial charge in [-0.3, -0.25) is 14.4 Å². The van der Waals surface area contributed by atoms with E-state index in [2.05, 4.69) is 23.6 Å². The first-order valence-corrected chi connectivity index (χ1v) is 15.5. The lowest BCUT2D eigenvalue weighted by atomic mass is 9.87. The Labute approximate surface area is 265 Å². The average Bonchev–Trinajstić information content (AvgIpc) is 3.75. The van der Waals surface area contributed by atoms with Crippen LogP contribution in [-0.4, -0.2) is 99.0 Å². The Hall–Kier alpha value is -3.26. The van der Waals surface area contributed by atoms with Gasteiger partial charge >= 0.3 is 18.0 Å². The number of carbonyl (C=O) groups is 4. The van der Waals surface area contributed by atoms with Crippen LogP contribution in [0.1, 0.15) is 60.3 Å². The third-order valence-electron chi connectivity index (χ3n) is 8.16. The Kier molecular flexibility index (Phi) is 13.6. The second-order valence-corrected chi connectivity index (χ2v) is 12.0. The molecule has 2 amide bonds. The quantitative estimate of drug-likeness (QED) is 0.0889. The Balaban J connectivity index is 1.60. The van der Waals surface area contributed by atoms with Crippen molar-refractivity contribution in [1.29, 1.82) is 0 Å². The lowest BCUT2D eigenvalue weighted by Crippen LogP contribution is -2.53. The number of epoxide rings is 1. The minimum Gasteiger partial charge on any atom is -0.469 e. The van der Waals surface area contributed by atoms with Crippen LogP contribution in [0, 0.1) is 5.92 Å². The van der Waals surface area contributed by atoms with Gasteiger partial charge in [-0.1, -0.05) is 30.7 Å². The van der Waals surface area contributed by atoms with Crippen LogP contribution in [0.3, 0.4) is 0 Å². The second kappa shape index (κ2) is 16.9. The molecule has 252 valence electrons. The van der Waals surface area contributed by atoms with E-state index in [1.165, 1.54) is 20.1 Å². The monoisotopic (exact) mass is 635 g/mol. The van der Waals surface area contributed by atoms with Crippen molar-refractivity contribution in [3.63, 3.8) is 0 Å². The van der Waals surface area contributed by atoms with Crippen LogP contribution in [-0.2, 0) is 42.8 Å². The summed E-state index contributed by atoms with van der Waals surface area (Å²) < 4.78 is 33.9. The highest BCUT2D eigenvalue weighted by Gasteiger charge is 2.61. The van der Waals surface area contributed by atoms with E-state index in [0.29, 0.717) is 19.4 Å². The zero-order valence-electron chi connectivity index (χ0n) is 27.1. The number of rotatable bonds is 13. The first-order chi connectivity index (χ1) is 21.3. The van der Waals surface area contributed by atoms with Crippen molar-refractivity contribution in [2.24, 2.45) is 11.7 Å². The fraction of sp³-hybridized carbons (Fsp3) is 0.688. The van der Waals surface area contributed by atoms with Crippen LogP contribution in [0.25, 0.3) is 0 Å². The zero-order valence-corrected chi connectivity index (χ0v) is 27.1. The van der Waals surface area contributed by atoms with Gasteiger partial charge in [0, 0.05) is 32.5 Å². The predicted octanol–water partition coefficient (Wildman–Crippen LogP) is 2.23. The highest BCUT2D eigenvalue weighted by molar-refractivity contribution is 5.87. The summed E-state index contributed by atoms with van der Waals surface area (Å²) in [7, 11) is 1.33. The molecule has 0 aliphatic carbocycles. The SMILES string of the molecule is COC(=O)C[C@@H]1C[C@@]2(CO2)[C@H](OC(=O)NCCN)[C@@H](/C=C/C(C)=C/C[C@@H]2O[C@H](C)[C@H](NC(=O)/C=C\[C@H](C)OC(C)=O)C[C@@H]2C)O1. The van der Waals surface area contributed by atoms with Gasteiger partial charge in [-0.2, -0.15) is 0 Å². The summed E-state index contributed by atoms with van der Waals surface area (Å²) in [6.45, 7) is 9.94. The van der Waals surface area contributed by atoms with E-state index in [0.717, 1.165) is 12.0 Å². The number of methoxy groups -OCH3 is 1. The van der Waals surface area contributed by atoms with Crippen LogP contribution >= 0.6 is 0 Å². The third-order valence-corrected chi connectivity index (χ3v) is 8.16. The number of esters is 2. The molecule has 0 aromatic rings. The average molecular weight is 636 g/mol. The van der Waals surface area contributed by atoms with Crippen LogP contribution in [0.5, 0.6) is 0 Å². The number of nitrogens with one attached hydrogen (secondary N) is 2. The smallest absolute Gasteiger partial charge is 0.407 e. The van der Waals surface area contributed by atoms with E-state index < -0.39 is 48.0 Å². The van der Waals surface area contributed by atoms with Gasteiger partial charge in [0.2, 0.25) is 5.91 Å². The lowest BCUT2D eigenvalue weighted by Gasteiger charge is -2.39. The van der Waals surface area contributed by atoms with Gasteiger partial charge in [0.05, 0.1) is 44.5 Å². The topological polar surface area (TPSA) is 177 Å². The summed E-state index contributed by atoms with van der Waals surface area (Å²) in [5, 5.41) is 5.61. The van der Waals surface area contributed by atoms with Crippen LogP contribution in [0.2, 0.25) is 0 Å². The van der Waals surface area contributed by atoms with Gasteiger partial charge in [0.1, 0.15) is 17.8 Å². The maximum absolute atomic E-state index is 12.4. The Bertz CT molecular complexity index is 1130. The van der Waals surface area contributed by atoms with Gasteiger partial charge in [0.25, 0.3) is 0 Å². The van der Waals surface area contributed by atoms with Gasteiger partial charge in [-0.05, 0) is 45.6 Å². The van der Waals surface area contributed by atoms with Gasteiger partial charge in [0.15, 0.2) is 6.10 Å². The van der Waals surface area contributed by atoms with Crippen LogP contribution < -0.4 is 16.4 Å². The van der Waals surface area contributed by atoms with E-state index >= 15 is 0 Å². The normalized spacial score (nSPS) is 32.2. The van der Waals surface area contributed by atoms with E-state index in [1.54, 1.807) is 13.0 Å². The summed E-state index contributed by atoms with van der Waals surface area (Å²) in [5.41, 5.74) is 5.72. The number of hydrogen-bond donors (Lipinski definition) is 3. The molecule has 13 nitrogen and oxygen atoms in total. The highest BCUT2D eigenvalue weighted by Crippen LogP contribution is 2.45. The van der Waals surface area contributed by atoms with Crippen molar-refractivity contribution in [3.05, 3.63) is 36.0 Å². The number of nitrogens with two attached hydrogens (primary N) is 1. The lowest BCUT2D eigenvalue weighted by molar-refractivity contribution is -0.158. The first kappa shape index (κ1) is 36.2. The van der Waals surface area contributed by atoms with E-state index in [-0.39, 0.29) is 49.6 Å². The highest BCUT2D eigenvalue weighted by atomic mass is 16.7. The van der Waals surface area contributed by atoms with Crippen LogP contribution in [0.4, 0.5) is 4.79 Å². The van der Waals surface area contributed by atoms with E-state index in [9.17, 15) is 19.2 Å². The summed E-state index contributed by atoms with van der Waals surface area (Å²) in [4.78, 5) is 47.9. The summed E-state index contributed by atoms with van der Waals surface area (Å²) in [5.74, 6) is -0.883. The molecular formula is C32H49N3O10. The second-order valence-electron chi connectivity index (χ2n) is 12.0. The van der Waals surface area contributed by atoms with Crippen molar-refractivity contribution >= 4 is 23.9 Å². The molecule has 9 atom stereocenters. The first-order valence-electron chi connectivity index (χ1n) is 15.5. The van der Waals surface area contributed by atoms with Gasteiger partial charge in [-0.15, -0.1) is 0 Å². The van der Waals surface area contributed by atoms with Crippen LogP contribution in [0.15, 0.2) is 36.0 Å². The summed E-state index contributed by atoms with van der Waals surface area (Å²) in [6.07, 6.45) is 7.44. The molecule has 0 unspecified atom stereocenters. The Morgan fingerprint density at radius 2 is 1.87 bits per heavy atom. The molecule has 0 radical (unpaired) electrons. The minimum atomic E-state index is -0.729. The molecule has 0 aromatic heterocycles. The number of carbonyl (C=O) groups excluding carboxylic acids is 4. The molecule has 4 N–H and O–H groups in total. The molecule has 0 bridgehead atoms. The summed E-state index contributed by atoms with van der Waals surface area (Å²) in [6, 6.07) is -0.153. The van der Waals surface area contributed by atoms with Crippen molar-refractivity contribution in [2.45, 2.75) is 109 Å². The number of amides is 2. The molecule has 3 rings (SSSR count). The maximum atomic E-state index is 12.4. The van der Waals surface area contributed by atoms with E-state index in [1.807, 2.05) is 26.0 Å². The number of hydrogen-bond acceptors (Lipinski definition) is 11. The number of allylic oxidation sites excluding steroid dienone is 2. The fourth-order valence-electron chi connectivity index (χ4n) is 5.64. The molecule has 3 fully saturated rings. The fourth-order valence-corrected chi connectivity index (χ4v) is 5.64. The van der Waals surface area contributed by atoms with Gasteiger partial charge < -0.3 is 44.8 Å². The number of ether oxygens (including phenoxy) is 6. The molecule has 45 heavy (non-hydrogen) atoms. The predicted molar refractivity (Wildman–Crippen MR) is 164 cm³/mol. The molecule has 3 heterocycles. The molecular weight excluding hydrogens is 586 g/mol. The largest absolute Gasteiger partial charge is 0.469 e. The molecule has 1 spiro atoms. The Morgan fingerprint density at radius 1 is 1.13 bits per heavy atom. The maximum Gasteiger partial charge on any atom is 0.407 e. The van der Waals surface area contributed by atoms with E-state index in [4.69, 9.17) is 34.2 Å². The Morgan fingerprint density at radius 3 is 2.51 bits per heavy atom. The van der Waals surface area contributed by atoms with Gasteiger partial charge in [-0.25, -0.2) is 4.79 Å². The molecule has 0 aromatic carbocycles. The molecule has 3 aliphatic rings.